The number of benzene rings is 2. The van der Waals surface area contributed by atoms with Crippen molar-refractivity contribution >= 4 is 35.7 Å². The molecule has 7 atom stereocenters. The largest absolute Gasteiger partial charge is 0.480 e. The Balaban J connectivity index is 1.75. The van der Waals surface area contributed by atoms with Crippen molar-refractivity contribution < 1.29 is 43.3 Å². The van der Waals surface area contributed by atoms with Gasteiger partial charge in [0.15, 0.2) is 6.04 Å². The van der Waals surface area contributed by atoms with Gasteiger partial charge >= 0.3 is 12.1 Å². The van der Waals surface area contributed by atoms with E-state index in [4.69, 9.17) is 15.2 Å². The lowest BCUT2D eigenvalue weighted by Gasteiger charge is -2.37. The molecule has 1 saturated carbocycles. The Morgan fingerprint density at radius 3 is 1.97 bits per heavy atom. The number of alkyl carbamates (subject to hydrolysis) is 1. The fraction of sp³-hybridized carbons (Fsp3) is 0.600. The number of nitrogens with one attached hydrogen (secondary N) is 4. The molecule has 2 aromatic carbocycles. The third-order valence-electron chi connectivity index (χ3n) is 11.1. The predicted octanol–water partition coefficient (Wildman–Crippen LogP) is 3.57. The number of rotatable bonds is 25. The zero-order chi connectivity index (χ0) is 45.1. The van der Waals surface area contributed by atoms with Crippen LogP contribution in [0.25, 0.3) is 0 Å². The zero-order valence-corrected chi connectivity index (χ0v) is 36.9. The highest BCUT2D eigenvalue weighted by Gasteiger charge is 2.36. The summed E-state index contributed by atoms with van der Waals surface area (Å²) in [6, 6.07) is 12.2. The van der Waals surface area contributed by atoms with Crippen molar-refractivity contribution in [3.8, 4) is 0 Å². The van der Waals surface area contributed by atoms with Gasteiger partial charge in [-0.3, -0.25) is 24.1 Å². The number of likely N-dealkylation sites (N-methyl/N-ethyl adjacent to an activating group) is 1. The van der Waals surface area contributed by atoms with E-state index in [0.717, 1.165) is 36.9 Å². The highest BCUT2D eigenvalue weighted by molar-refractivity contribution is 5.95. The number of carboxylic acid groups (broad SMARTS) is 1. The van der Waals surface area contributed by atoms with Gasteiger partial charge in [-0.05, 0) is 69.4 Å². The van der Waals surface area contributed by atoms with E-state index in [0.29, 0.717) is 18.9 Å². The Morgan fingerprint density at radius 2 is 1.41 bits per heavy atom. The summed E-state index contributed by atoms with van der Waals surface area (Å²) in [6.07, 6.45) is 3.72. The second-order valence-corrected chi connectivity index (χ2v) is 16.6. The van der Waals surface area contributed by atoms with E-state index in [-0.39, 0.29) is 31.1 Å². The van der Waals surface area contributed by atoms with Gasteiger partial charge in [0.05, 0.1) is 25.3 Å². The highest BCUT2D eigenvalue weighted by atomic mass is 16.5. The van der Waals surface area contributed by atoms with Crippen molar-refractivity contribution in [3.05, 3.63) is 71.8 Å². The normalized spacial score (nSPS) is 16.4. The Bertz CT molecular complexity index is 1690. The molecule has 0 aliphatic heterocycles. The van der Waals surface area contributed by atoms with E-state index < -0.39 is 72.6 Å². The molecule has 61 heavy (non-hydrogen) atoms. The van der Waals surface area contributed by atoms with Crippen LogP contribution < -0.4 is 27.0 Å². The van der Waals surface area contributed by atoms with Crippen LogP contribution in [0.1, 0.15) is 91.2 Å². The van der Waals surface area contributed by atoms with Crippen LogP contribution in [-0.4, -0.2) is 120 Å². The van der Waals surface area contributed by atoms with Gasteiger partial charge in [0.1, 0.15) is 24.7 Å². The minimum Gasteiger partial charge on any atom is -0.480 e. The molecule has 0 heterocycles. The number of ether oxygens (including phenoxy) is 2. The van der Waals surface area contributed by atoms with Crippen LogP contribution in [0.5, 0.6) is 0 Å². The van der Waals surface area contributed by atoms with Crippen LogP contribution in [0.15, 0.2) is 60.7 Å². The molecule has 0 saturated heterocycles. The van der Waals surface area contributed by atoms with Crippen LogP contribution >= 0.6 is 0 Å². The molecule has 1 fully saturated rings. The summed E-state index contributed by atoms with van der Waals surface area (Å²) in [5, 5.41) is 20.2. The first-order valence-corrected chi connectivity index (χ1v) is 21.5. The van der Waals surface area contributed by atoms with Crippen LogP contribution in [0.3, 0.4) is 0 Å². The number of hydrogen-bond donors (Lipinski definition) is 6. The maximum Gasteiger partial charge on any atom is 0.407 e. The first kappa shape index (κ1) is 50.3. The smallest absolute Gasteiger partial charge is 0.407 e. The molecule has 0 bridgehead atoms. The number of hydrogen-bond acceptors (Lipinski definition) is 10. The van der Waals surface area contributed by atoms with E-state index in [1.165, 1.54) is 31.6 Å². The summed E-state index contributed by atoms with van der Waals surface area (Å²) in [5.74, 6) is -3.42. The minimum atomic E-state index is -1.53. The summed E-state index contributed by atoms with van der Waals surface area (Å²) < 4.78 is 11.1. The Kier molecular flexibility index (Phi) is 21.2. The molecule has 2 aromatic rings. The lowest BCUT2D eigenvalue weighted by molar-refractivity contribution is -0.147. The van der Waals surface area contributed by atoms with Crippen molar-refractivity contribution in [2.75, 3.05) is 26.7 Å². The van der Waals surface area contributed by atoms with Gasteiger partial charge in [0, 0.05) is 26.2 Å². The van der Waals surface area contributed by atoms with Crippen molar-refractivity contribution in [1.82, 2.24) is 31.1 Å². The van der Waals surface area contributed by atoms with Crippen molar-refractivity contribution in [2.45, 2.75) is 136 Å². The summed E-state index contributed by atoms with van der Waals surface area (Å²) in [7, 11) is 1.59. The molecule has 0 spiro atoms. The van der Waals surface area contributed by atoms with Gasteiger partial charge < -0.3 is 46.5 Å². The number of aliphatic carboxylic acids is 1. The molecule has 0 radical (unpaired) electrons. The quantitative estimate of drug-likeness (QED) is 0.0848. The Morgan fingerprint density at radius 1 is 0.820 bits per heavy atom. The zero-order valence-electron chi connectivity index (χ0n) is 36.9. The molecule has 16 heteroatoms. The van der Waals surface area contributed by atoms with Gasteiger partial charge in [-0.25, -0.2) is 9.59 Å². The number of carbonyl (C=O) groups is 6. The fourth-order valence-electron chi connectivity index (χ4n) is 7.21. The number of nitrogens with zero attached hydrogens (tertiary/aromatic N) is 2. The fourth-order valence-corrected chi connectivity index (χ4v) is 7.21. The van der Waals surface area contributed by atoms with Crippen molar-refractivity contribution in [1.29, 1.82) is 0 Å². The maximum atomic E-state index is 14.1. The van der Waals surface area contributed by atoms with Crippen LogP contribution in [0.2, 0.25) is 0 Å². The number of carbonyl (C=O) groups excluding carboxylic acids is 5. The van der Waals surface area contributed by atoms with Crippen molar-refractivity contribution in [3.63, 3.8) is 0 Å². The second-order valence-electron chi connectivity index (χ2n) is 16.6. The van der Waals surface area contributed by atoms with Crippen LogP contribution in [0, 0.1) is 11.8 Å². The molecule has 0 aromatic heterocycles. The minimum absolute atomic E-state index is 0.00980. The molecule has 5 amide bonds. The lowest BCUT2D eigenvalue weighted by Crippen LogP contribution is -2.61. The topological polar surface area (TPSA) is 222 Å². The van der Waals surface area contributed by atoms with Gasteiger partial charge in [-0.15, -0.1) is 0 Å². The molecule has 7 N–H and O–H groups in total. The number of amides is 5. The molecule has 3 rings (SSSR count). The van der Waals surface area contributed by atoms with Gasteiger partial charge in [-0.1, -0.05) is 94.3 Å². The third kappa shape index (κ3) is 17.1. The number of nitrogens with two attached hydrogens (primary N) is 1. The molecule has 16 nitrogen and oxygen atoms in total. The highest BCUT2D eigenvalue weighted by Crippen LogP contribution is 2.27. The standard InChI is InChI=1S/C45H69N7O9/c1-8-36(46)26-52(25-33-17-15-16-18-33)31(5)43(56)51(7)38(23-29(2)3)42(55)48-30(4)40(53)49-37(24-47-45(59)61-28-35-21-13-10-14-22-35)41(54)50-39(44(57)58)32(6)60-27-34-19-11-9-12-20-34/h9-14,19-22,29-33,36-39H,8,15-18,23-28,46H2,1-7H3,(H,47,59)(H,48,55)(H,49,53)(H,50,54)(H,57,58)/t30-,31-,32-,36+,37-,38-,39-/m0/s1. The van der Waals surface area contributed by atoms with E-state index in [1.54, 1.807) is 31.3 Å². The van der Waals surface area contributed by atoms with Crippen LogP contribution in [-0.2, 0) is 46.7 Å². The average Bonchev–Trinajstić information content (AvgIpc) is 3.76. The summed E-state index contributed by atoms with van der Waals surface area (Å²) in [4.78, 5) is 84.1. The average molecular weight is 852 g/mol. The van der Waals surface area contributed by atoms with Gasteiger partial charge in [-0.2, -0.15) is 0 Å². The van der Waals surface area contributed by atoms with Gasteiger partial charge in [0.25, 0.3) is 0 Å². The molecular formula is C45H69N7O9. The Hall–Kier alpha value is -5.06. The molecular weight excluding hydrogens is 783 g/mol. The summed E-state index contributed by atoms with van der Waals surface area (Å²) in [5.41, 5.74) is 7.89. The first-order chi connectivity index (χ1) is 29.0. The molecule has 1 aliphatic rings. The first-order valence-electron chi connectivity index (χ1n) is 21.5. The van der Waals surface area contributed by atoms with Gasteiger partial charge in [0.2, 0.25) is 23.6 Å². The third-order valence-corrected chi connectivity index (χ3v) is 11.1. The van der Waals surface area contributed by atoms with Crippen LogP contribution in [0.4, 0.5) is 4.79 Å². The maximum absolute atomic E-state index is 14.1. The van der Waals surface area contributed by atoms with E-state index in [9.17, 15) is 33.9 Å². The molecule has 0 unspecified atom stereocenters. The second kappa shape index (κ2) is 25.7. The molecule has 338 valence electrons. The lowest BCUT2D eigenvalue weighted by atomic mass is 10.00. The van der Waals surface area contributed by atoms with Crippen molar-refractivity contribution in [2.24, 2.45) is 17.6 Å². The SMILES string of the molecule is CC[C@@H](N)CN(CC1CCCC1)[C@@H](C)C(=O)N(C)[C@@H](CC(C)C)C(=O)N[C@@H](C)C(=O)N[C@@H](CNC(=O)OCc1ccccc1)C(=O)N[C@H](C(=O)O)[C@H](C)OCc1ccccc1. The molecule has 1 aliphatic carbocycles. The Labute approximate surface area is 361 Å². The van der Waals surface area contributed by atoms with E-state index in [1.807, 2.05) is 64.1 Å². The predicted molar refractivity (Wildman–Crippen MR) is 232 cm³/mol. The summed E-state index contributed by atoms with van der Waals surface area (Å²) >= 11 is 0. The number of carboxylic acids is 1. The monoisotopic (exact) mass is 852 g/mol. The van der Waals surface area contributed by atoms with E-state index >= 15 is 0 Å². The van der Waals surface area contributed by atoms with E-state index in [2.05, 4.69) is 26.2 Å². The summed E-state index contributed by atoms with van der Waals surface area (Å²) in [6.45, 7) is 11.5.